The summed E-state index contributed by atoms with van der Waals surface area (Å²) in [4.78, 5) is 1.97. The molecule has 1 aromatic rings. The lowest BCUT2D eigenvalue weighted by atomic mass is 10.1. The Balaban J connectivity index is 3.13. The van der Waals surface area contributed by atoms with Crippen molar-refractivity contribution in [3.63, 3.8) is 0 Å². The van der Waals surface area contributed by atoms with Gasteiger partial charge in [0.15, 0.2) is 5.82 Å². The molecule has 1 unspecified atom stereocenters. The summed E-state index contributed by atoms with van der Waals surface area (Å²) >= 11 is 0. The number of rotatable bonds is 8. The van der Waals surface area contributed by atoms with Gasteiger partial charge in [-0.1, -0.05) is 53.5 Å². The van der Waals surface area contributed by atoms with Gasteiger partial charge in [0.05, 0.1) is 6.04 Å². The average molecular weight is 364 g/mol. The van der Waals surface area contributed by atoms with Gasteiger partial charge in [-0.05, 0) is 54.8 Å². The minimum atomic E-state index is -2.15. The number of nitrogens with zero attached hydrogens (tertiary/aromatic N) is 1. The summed E-state index contributed by atoms with van der Waals surface area (Å²) in [6, 6.07) is 5.25. The van der Waals surface area contributed by atoms with E-state index >= 15 is 0 Å². The quantitative estimate of drug-likeness (QED) is 0.447. The van der Waals surface area contributed by atoms with E-state index in [1.807, 2.05) is 25.1 Å². The fraction of sp³-hybridized carbons (Fsp3) is 0.619. The maximum absolute atomic E-state index is 14.8. The van der Waals surface area contributed by atoms with Crippen molar-refractivity contribution in [3.8, 4) is 18.1 Å². The van der Waals surface area contributed by atoms with Crippen LogP contribution in [0.1, 0.15) is 47.1 Å². The van der Waals surface area contributed by atoms with Gasteiger partial charge in [0, 0.05) is 0 Å². The van der Waals surface area contributed by atoms with Crippen LogP contribution in [-0.4, -0.2) is 33.4 Å². The molecule has 1 aromatic carbocycles. The molecule has 2 nitrogen and oxygen atoms in total. The monoisotopic (exact) mass is 363 g/mol. The summed E-state index contributed by atoms with van der Waals surface area (Å²) in [6.45, 7) is 13.2. The van der Waals surface area contributed by atoms with Crippen LogP contribution in [0.4, 0.5) is 4.39 Å². The first-order valence-corrected chi connectivity index (χ1v) is 11.3. The van der Waals surface area contributed by atoms with Crippen molar-refractivity contribution in [2.75, 3.05) is 14.1 Å². The van der Waals surface area contributed by atoms with Gasteiger partial charge >= 0.3 is 0 Å². The number of benzene rings is 1. The van der Waals surface area contributed by atoms with Gasteiger partial charge in [-0.25, -0.2) is 4.39 Å². The summed E-state index contributed by atoms with van der Waals surface area (Å²) in [6.07, 6.45) is 6.19. The summed E-state index contributed by atoms with van der Waals surface area (Å²) in [7, 11) is 1.72. The lowest BCUT2D eigenvalue weighted by molar-refractivity contribution is 0.351. The molecule has 0 fully saturated rings. The highest BCUT2D eigenvalue weighted by atomic mass is 28.4. The SMILES string of the molecule is C#CC(Cc1ccc(O[Si](C(C)C)(C(C)C)C(C)C)c(F)c1)N(C)C. The fourth-order valence-electron chi connectivity index (χ4n) is 3.91. The van der Waals surface area contributed by atoms with E-state index in [-0.39, 0.29) is 11.9 Å². The van der Waals surface area contributed by atoms with Crippen LogP contribution in [0.15, 0.2) is 18.2 Å². The highest BCUT2D eigenvalue weighted by Crippen LogP contribution is 2.43. The van der Waals surface area contributed by atoms with Gasteiger partial charge in [-0.2, -0.15) is 0 Å². The molecule has 0 spiro atoms. The number of halogens is 1. The van der Waals surface area contributed by atoms with Gasteiger partial charge in [0.1, 0.15) is 5.75 Å². The van der Waals surface area contributed by atoms with Crippen LogP contribution in [0.5, 0.6) is 5.75 Å². The molecule has 0 heterocycles. The summed E-state index contributed by atoms with van der Waals surface area (Å²) in [5, 5.41) is 0. The molecule has 0 aromatic heterocycles. The van der Waals surface area contributed by atoms with Crippen LogP contribution >= 0.6 is 0 Å². The zero-order chi connectivity index (χ0) is 19.4. The van der Waals surface area contributed by atoms with Gasteiger partial charge in [-0.3, -0.25) is 4.90 Å². The Hall–Kier alpha value is -1.31. The van der Waals surface area contributed by atoms with Crippen molar-refractivity contribution in [3.05, 3.63) is 29.6 Å². The summed E-state index contributed by atoms with van der Waals surface area (Å²) in [5.41, 5.74) is 2.12. The lowest BCUT2D eigenvalue weighted by Gasteiger charge is -2.42. The Morgan fingerprint density at radius 2 is 1.60 bits per heavy atom. The predicted octanol–water partition coefficient (Wildman–Crippen LogP) is 5.49. The molecule has 1 atom stereocenters. The molecule has 140 valence electrons. The molecule has 4 heteroatoms. The van der Waals surface area contributed by atoms with Crippen LogP contribution < -0.4 is 4.43 Å². The van der Waals surface area contributed by atoms with Crippen LogP contribution in [0.25, 0.3) is 0 Å². The maximum Gasteiger partial charge on any atom is 0.258 e. The Morgan fingerprint density at radius 1 is 1.08 bits per heavy atom. The lowest BCUT2D eigenvalue weighted by Crippen LogP contribution is -2.50. The number of terminal acetylenes is 1. The van der Waals surface area contributed by atoms with E-state index in [0.29, 0.717) is 28.8 Å². The Kier molecular flexibility index (Phi) is 7.71. The standard InChI is InChI=1S/C21H34FNOSi/c1-10-19(23(8)9)13-18-11-12-21(20(22)14-18)24-25(15(2)3,16(4)5)17(6)7/h1,11-12,14-17,19H,13H2,2-9H3. The second-order valence-corrected chi connectivity index (χ2v) is 13.4. The van der Waals surface area contributed by atoms with Crippen molar-refractivity contribution in [1.82, 2.24) is 4.90 Å². The van der Waals surface area contributed by atoms with Crippen molar-refractivity contribution in [2.45, 2.75) is 70.6 Å². The normalized spacial score (nSPS) is 13.6. The van der Waals surface area contributed by atoms with Crippen molar-refractivity contribution >= 4 is 8.32 Å². The maximum atomic E-state index is 14.8. The molecule has 0 aliphatic rings. The fourth-order valence-corrected chi connectivity index (χ4v) is 9.17. The topological polar surface area (TPSA) is 12.5 Å². The molecule has 0 amide bonds. The molecule has 0 aliphatic carbocycles. The molecule has 1 rings (SSSR count). The van der Waals surface area contributed by atoms with E-state index in [0.717, 1.165) is 5.56 Å². The van der Waals surface area contributed by atoms with E-state index in [2.05, 4.69) is 47.5 Å². The molecule has 0 radical (unpaired) electrons. The molecule has 0 N–H and O–H groups in total. The largest absolute Gasteiger partial charge is 0.541 e. The Morgan fingerprint density at radius 3 is 1.96 bits per heavy atom. The smallest absolute Gasteiger partial charge is 0.258 e. The van der Waals surface area contributed by atoms with Crippen molar-refractivity contribution in [2.24, 2.45) is 0 Å². The van der Waals surface area contributed by atoms with E-state index < -0.39 is 8.32 Å². The first kappa shape index (κ1) is 21.7. The molecule has 0 bridgehead atoms. The Bertz CT molecular complexity index is 583. The van der Waals surface area contributed by atoms with E-state index in [1.165, 1.54) is 0 Å². The average Bonchev–Trinajstić information content (AvgIpc) is 2.50. The van der Waals surface area contributed by atoms with Gasteiger partial charge in [-0.15, -0.1) is 6.42 Å². The zero-order valence-corrected chi connectivity index (χ0v) is 18.1. The molecule has 0 saturated heterocycles. The third-order valence-electron chi connectivity index (χ3n) is 5.23. The first-order valence-electron chi connectivity index (χ1n) is 9.16. The van der Waals surface area contributed by atoms with E-state index in [4.69, 9.17) is 10.8 Å². The highest BCUT2D eigenvalue weighted by Gasteiger charge is 2.47. The van der Waals surface area contributed by atoms with E-state index in [9.17, 15) is 4.39 Å². The molecular formula is C21H34FNOSi. The summed E-state index contributed by atoms with van der Waals surface area (Å²) in [5.74, 6) is 2.84. The van der Waals surface area contributed by atoms with Crippen LogP contribution in [0.3, 0.4) is 0 Å². The van der Waals surface area contributed by atoms with Crippen molar-refractivity contribution < 1.29 is 8.82 Å². The predicted molar refractivity (Wildman–Crippen MR) is 108 cm³/mol. The molecule has 0 saturated carbocycles. The third kappa shape index (κ3) is 4.86. The minimum Gasteiger partial charge on any atom is -0.541 e. The minimum absolute atomic E-state index is 0.0402. The van der Waals surface area contributed by atoms with E-state index in [1.54, 1.807) is 12.1 Å². The van der Waals surface area contributed by atoms with Crippen LogP contribution in [-0.2, 0) is 6.42 Å². The zero-order valence-electron chi connectivity index (χ0n) is 17.1. The van der Waals surface area contributed by atoms with Crippen molar-refractivity contribution in [1.29, 1.82) is 0 Å². The van der Waals surface area contributed by atoms with Gasteiger partial charge in [0.2, 0.25) is 0 Å². The van der Waals surface area contributed by atoms with Gasteiger partial charge in [0.25, 0.3) is 8.32 Å². The van der Waals surface area contributed by atoms with Gasteiger partial charge < -0.3 is 4.43 Å². The highest BCUT2D eigenvalue weighted by molar-refractivity contribution is 6.78. The number of hydrogen-bond acceptors (Lipinski definition) is 2. The Labute approximate surface area is 154 Å². The van der Waals surface area contributed by atoms with Crippen LogP contribution in [0.2, 0.25) is 16.6 Å². The second kappa shape index (κ2) is 8.87. The molecule has 0 aliphatic heterocycles. The molecular weight excluding hydrogens is 329 g/mol. The summed E-state index contributed by atoms with van der Waals surface area (Å²) < 4.78 is 21.2. The second-order valence-electron chi connectivity index (χ2n) is 8.03. The third-order valence-corrected chi connectivity index (χ3v) is 11.2. The molecule has 25 heavy (non-hydrogen) atoms. The number of hydrogen-bond donors (Lipinski definition) is 0. The van der Waals surface area contributed by atoms with Crippen LogP contribution in [0, 0.1) is 18.2 Å². The number of likely N-dealkylation sites (N-methyl/N-ethyl adjacent to an activating group) is 1. The first-order chi connectivity index (χ1) is 11.6.